The molecule has 0 heterocycles. The molecule has 0 saturated heterocycles. The molecule has 0 unspecified atom stereocenters. The van der Waals surface area contributed by atoms with Crippen LogP contribution in [0.3, 0.4) is 0 Å². The highest BCUT2D eigenvalue weighted by atomic mass is 35.5. The summed E-state index contributed by atoms with van der Waals surface area (Å²) in [5, 5.41) is 4.30. The van der Waals surface area contributed by atoms with Gasteiger partial charge in [0.05, 0.1) is 9.92 Å². The minimum atomic E-state index is -3.74. The van der Waals surface area contributed by atoms with E-state index in [0.29, 0.717) is 10.6 Å². The molecular formula is C14H12Cl2N2O2S. The molecule has 0 aliphatic rings. The van der Waals surface area contributed by atoms with Gasteiger partial charge < -0.3 is 0 Å². The van der Waals surface area contributed by atoms with Crippen LogP contribution in [-0.4, -0.2) is 25.1 Å². The second-order valence-electron chi connectivity index (χ2n) is 4.12. The van der Waals surface area contributed by atoms with Gasteiger partial charge in [0.15, 0.2) is 5.17 Å². The molecule has 110 valence electrons. The molecule has 0 saturated carbocycles. The van der Waals surface area contributed by atoms with Crippen molar-refractivity contribution in [3.05, 3.63) is 65.2 Å². The van der Waals surface area contributed by atoms with Gasteiger partial charge in [-0.15, -0.1) is 5.10 Å². The van der Waals surface area contributed by atoms with Crippen molar-refractivity contribution in [1.82, 2.24) is 4.41 Å². The number of hydrogen-bond acceptors (Lipinski definition) is 3. The lowest BCUT2D eigenvalue weighted by Gasteiger charge is -2.14. The maximum Gasteiger partial charge on any atom is 0.278 e. The molecule has 0 fully saturated rings. The van der Waals surface area contributed by atoms with Gasteiger partial charge in [-0.25, -0.2) is 0 Å². The number of halogens is 2. The predicted molar refractivity (Wildman–Crippen MR) is 85.2 cm³/mol. The molecule has 21 heavy (non-hydrogen) atoms. The van der Waals surface area contributed by atoms with Crippen LogP contribution in [0.2, 0.25) is 5.02 Å². The van der Waals surface area contributed by atoms with Crippen LogP contribution in [0.15, 0.2) is 64.6 Å². The summed E-state index contributed by atoms with van der Waals surface area (Å²) in [5.74, 6) is 0. The molecular weight excluding hydrogens is 331 g/mol. The van der Waals surface area contributed by atoms with E-state index in [1.807, 2.05) is 0 Å². The first-order valence-corrected chi connectivity index (χ1v) is 8.15. The average Bonchev–Trinajstić information content (AvgIpc) is 2.48. The molecule has 0 aliphatic carbocycles. The largest absolute Gasteiger partial charge is 0.278 e. The number of rotatable bonds is 4. The van der Waals surface area contributed by atoms with Crippen LogP contribution in [-0.2, 0) is 10.0 Å². The minimum absolute atomic E-state index is 0.00241. The fourth-order valence-electron chi connectivity index (χ4n) is 1.60. The van der Waals surface area contributed by atoms with Crippen molar-refractivity contribution in [2.75, 3.05) is 7.05 Å². The first-order chi connectivity index (χ1) is 9.93. The van der Waals surface area contributed by atoms with Crippen LogP contribution < -0.4 is 0 Å². The fraction of sp³-hybridized carbons (Fsp3) is 0.0714. The highest BCUT2D eigenvalue weighted by Gasteiger charge is 2.20. The van der Waals surface area contributed by atoms with Gasteiger partial charge in [-0.2, -0.15) is 12.8 Å². The lowest BCUT2D eigenvalue weighted by molar-refractivity contribution is 0.490. The summed E-state index contributed by atoms with van der Waals surface area (Å²) in [6.45, 7) is 0. The van der Waals surface area contributed by atoms with Crippen molar-refractivity contribution in [3.63, 3.8) is 0 Å². The van der Waals surface area contributed by atoms with E-state index in [2.05, 4.69) is 5.10 Å². The van der Waals surface area contributed by atoms with Crippen molar-refractivity contribution in [2.45, 2.75) is 4.90 Å². The van der Waals surface area contributed by atoms with Crippen molar-refractivity contribution < 1.29 is 8.42 Å². The SMILES string of the molecule is CN(/N=C(/Cl)c1ccccc1Cl)S(=O)(=O)c1ccccc1. The monoisotopic (exact) mass is 342 g/mol. The maximum atomic E-state index is 12.3. The summed E-state index contributed by atoms with van der Waals surface area (Å²) in [5.41, 5.74) is 0.468. The second-order valence-corrected chi connectivity index (χ2v) is 6.84. The van der Waals surface area contributed by atoms with E-state index in [1.54, 1.807) is 42.5 Å². The zero-order valence-corrected chi connectivity index (χ0v) is 13.4. The number of hydrogen-bond donors (Lipinski definition) is 0. The van der Waals surface area contributed by atoms with Gasteiger partial charge in [0.25, 0.3) is 10.0 Å². The van der Waals surface area contributed by atoms with Gasteiger partial charge in [-0.3, -0.25) is 0 Å². The lowest BCUT2D eigenvalue weighted by atomic mass is 10.2. The molecule has 0 aromatic heterocycles. The molecule has 0 aliphatic heterocycles. The Bertz CT molecular complexity index is 762. The predicted octanol–water partition coefficient (Wildman–Crippen LogP) is 3.56. The van der Waals surface area contributed by atoms with Gasteiger partial charge in [0.2, 0.25) is 0 Å². The summed E-state index contributed by atoms with van der Waals surface area (Å²) in [4.78, 5) is 0.139. The number of nitrogens with zero attached hydrogens (tertiary/aromatic N) is 2. The third kappa shape index (κ3) is 3.56. The van der Waals surface area contributed by atoms with Gasteiger partial charge in [0.1, 0.15) is 0 Å². The molecule has 0 bridgehead atoms. The summed E-state index contributed by atoms with van der Waals surface area (Å²) >= 11 is 12.1. The van der Waals surface area contributed by atoms with E-state index < -0.39 is 10.0 Å². The Labute approximate surface area is 133 Å². The smallest absolute Gasteiger partial charge is 0.200 e. The van der Waals surface area contributed by atoms with E-state index >= 15 is 0 Å². The van der Waals surface area contributed by atoms with Crippen molar-refractivity contribution in [3.8, 4) is 0 Å². The molecule has 0 spiro atoms. The molecule has 2 rings (SSSR count). The summed E-state index contributed by atoms with van der Waals surface area (Å²) in [6, 6.07) is 14.8. The number of sulfonamides is 1. The van der Waals surface area contributed by atoms with Crippen molar-refractivity contribution in [1.29, 1.82) is 0 Å². The van der Waals surface area contributed by atoms with Gasteiger partial charge in [0, 0.05) is 12.6 Å². The topological polar surface area (TPSA) is 49.7 Å². The quantitative estimate of drug-likeness (QED) is 0.630. The van der Waals surface area contributed by atoms with Crippen LogP contribution in [0, 0.1) is 0 Å². The molecule has 0 N–H and O–H groups in total. The third-order valence-corrected chi connectivity index (χ3v) is 4.97. The normalized spacial score (nSPS) is 12.2. The molecule has 7 heteroatoms. The summed E-state index contributed by atoms with van der Waals surface area (Å²) in [6.07, 6.45) is 0. The molecule has 0 atom stereocenters. The summed E-state index contributed by atoms with van der Waals surface area (Å²) in [7, 11) is -2.42. The average molecular weight is 343 g/mol. The van der Waals surface area contributed by atoms with E-state index in [-0.39, 0.29) is 10.1 Å². The first-order valence-electron chi connectivity index (χ1n) is 5.96. The zero-order valence-electron chi connectivity index (χ0n) is 11.1. The maximum absolute atomic E-state index is 12.3. The minimum Gasteiger partial charge on any atom is -0.200 e. The first kappa shape index (κ1) is 15.8. The van der Waals surface area contributed by atoms with E-state index in [9.17, 15) is 8.42 Å². The van der Waals surface area contributed by atoms with E-state index in [0.717, 1.165) is 4.41 Å². The van der Waals surface area contributed by atoms with Crippen molar-refractivity contribution in [2.24, 2.45) is 5.10 Å². The van der Waals surface area contributed by atoms with Crippen LogP contribution >= 0.6 is 23.2 Å². The molecule has 2 aromatic rings. The van der Waals surface area contributed by atoms with Gasteiger partial charge in [-0.05, 0) is 18.2 Å². The second kappa shape index (κ2) is 6.47. The highest BCUT2D eigenvalue weighted by Crippen LogP contribution is 2.20. The Kier molecular flexibility index (Phi) is 4.88. The number of hydrazone groups is 1. The standard InChI is InChI=1S/C14H12Cl2N2O2S/c1-18(21(19,20)11-7-3-2-4-8-11)17-14(16)12-9-5-6-10-13(12)15/h2-10H,1H3/b17-14+. The fourth-order valence-corrected chi connectivity index (χ4v) is 3.20. The third-order valence-electron chi connectivity index (χ3n) is 2.71. The highest BCUT2D eigenvalue weighted by molar-refractivity contribution is 7.89. The Balaban J connectivity index is 2.35. The molecule has 0 amide bonds. The van der Waals surface area contributed by atoms with Crippen LogP contribution in [0.5, 0.6) is 0 Å². The molecule has 2 aromatic carbocycles. The van der Waals surface area contributed by atoms with Crippen LogP contribution in [0.1, 0.15) is 5.56 Å². The lowest BCUT2D eigenvalue weighted by Crippen LogP contribution is -2.22. The van der Waals surface area contributed by atoms with E-state index in [1.165, 1.54) is 19.2 Å². The zero-order chi connectivity index (χ0) is 15.5. The van der Waals surface area contributed by atoms with Gasteiger partial charge >= 0.3 is 0 Å². The number of benzene rings is 2. The van der Waals surface area contributed by atoms with Gasteiger partial charge in [-0.1, -0.05) is 59.6 Å². The Morgan fingerprint density at radius 3 is 2.24 bits per heavy atom. The Morgan fingerprint density at radius 2 is 1.62 bits per heavy atom. The molecule has 0 radical (unpaired) electrons. The summed E-state index contributed by atoms with van der Waals surface area (Å²) < 4.78 is 25.4. The Hall–Kier alpha value is -1.56. The Morgan fingerprint density at radius 1 is 1.05 bits per heavy atom. The van der Waals surface area contributed by atoms with E-state index in [4.69, 9.17) is 23.2 Å². The van der Waals surface area contributed by atoms with Crippen LogP contribution in [0.4, 0.5) is 0 Å². The van der Waals surface area contributed by atoms with Crippen LogP contribution in [0.25, 0.3) is 0 Å². The molecule has 4 nitrogen and oxygen atoms in total. The van der Waals surface area contributed by atoms with Crippen molar-refractivity contribution >= 4 is 38.4 Å².